The number of halogens is 2. The summed E-state index contributed by atoms with van der Waals surface area (Å²) in [6.45, 7) is 0.822. The van der Waals surface area contributed by atoms with E-state index in [1.807, 2.05) is 11.9 Å². The van der Waals surface area contributed by atoms with Gasteiger partial charge in [0, 0.05) is 19.1 Å². The Bertz CT molecular complexity index is 481. The minimum atomic E-state index is -0.764. The SMILES string of the molecule is CN1c2c(ccc(F)c2F)NCCC12CCCCC2. The fraction of sp³-hybridized carbons (Fsp3) is 0.600. The molecule has 1 heterocycles. The first-order chi connectivity index (χ1) is 9.14. The third-order valence-electron chi connectivity index (χ3n) is 4.81. The van der Waals surface area contributed by atoms with Crippen molar-refractivity contribution in [2.75, 3.05) is 23.8 Å². The highest BCUT2D eigenvalue weighted by Gasteiger charge is 2.39. The third-order valence-corrected chi connectivity index (χ3v) is 4.81. The molecular formula is C15H20F2N2. The summed E-state index contributed by atoms with van der Waals surface area (Å²) in [6, 6.07) is 2.85. The van der Waals surface area contributed by atoms with Gasteiger partial charge in [-0.15, -0.1) is 0 Å². The Kier molecular flexibility index (Phi) is 3.11. The van der Waals surface area contributed by atoms with Crippen LogP contribution in [0, 0.1) is 11.6 Å². The van der Waals surface area contributed by atoms with Gasteiger partial charge in [0.25, 0.3) is 0 Å². The maximum Gasteiger partial charge on any atom is 0.184 e. The summed E-state index contributed by atoms with van der Waals surface area (Å²) in [5, 5.41) is 3.25. The van der Waals surface area contributed by atoms with Crippen LogP contribution < -0.4 is 10.2 Å². The van der Waals surface area contributed by atoms with Crippen molar-refractivity contribution >= 4 is 11.4 Å². The maximum absolute atomic E-state index is 14.2. The Morgan fingerprint density at radius 3 is 2.58 bits per heavy atom. The van der Waals surface area contributed by atoms with Gasteiger partial charge in [-0.3, -0.25) is 0 Å². The second-order valence-electron chi connectivity index (χ2n) is 5.78. The molecule has 1 saturated carbocycles. The highest BCUT2D eigenvalue weighted by atomic mass is 19.2. The van der Waals surface area contributed by atoms with E-state index in [1.54, 1.807) is 6.07 Å². The van der Waals surface area contributed by atoms with E-state index < -0.39 is 11.6 Å². The zero-order valence-electron chi connectivity index (χ0n) is 11.3. The van der Waals surface area contributed by atoms with Gasteiger partial charge in [-0.1, -0.05) is 19.3 Å². The molecule has 0 saturated heterocycles. The molecule has 1 aliphatic carbocycles. The molecule has 104 valence electrons. The fourth-order valence-corrected chi connectivity index (χ4v) is 3.64. The molecule has 0 radical (unpaired) electrons. The maximum atomic E-state index is 14.2. The molecule has 2 aliphatic rings. The van der Waals surface area contributed by atoms with Gasteiger partial charge in [0.1, 0.15) is 0 Å². The molecule has 4 heteroatoms. The smallest absolute Gasteiger partial charge is 0.184 e. The number of fused-ring (bicyclic) bond motifs is 1. The summed E-state index contributed by atoms with van der Waals surface area (Å²) in [6.07, 6.45) is 6.73. The first-order valence-electron chi connectivity index (χ1n) is 7.10. The molecule has 19 heavy (non-hydrogen) atoms. The van der Waals surface area contributed by atoms with Crippen LogP contribution in [0.2, 0.25) is 0 Å². The summed E-state index contributed by atoms with van der Waals surface area (Å²) in [5.41, 5.74) is 1.11. The van der Waals surface area contributed by atoms with Crippen LogP contribution in [-0.4, -0.2) is 19.1 Å². The average molecular weight is 266 g/mol. The summed E-state index contributed by atoms with van der Waals surface area (Å²) < 4.78 is 27.7. The van der Waals surface area contributed by atoms with Crippen molar-refractivity contribution in [3.05, 3.63) is 23.8 Å². The molecule has 3 rings (SSSR count). The lowest BCUT2D eigenvalue weighted by molar-refractivity contribution is 0.272. The van der Waals surface area contributed by atoms with Crippen molar-refractivity contribution in [1.82, 2.24) is 0 Å². The lowest BCUT2D eigenvalue weighted by Crippen LogP contribution is -2.48. The molecule has 1 aliphatic heterocycles. The fourth-order valence-electron chi connectivity index (χ4n) is 3.64. The van der Waals surface area contributed by atoms with Gasteiger partial charge in [0.15, 0.2) is 11.6 Å². The number of hydrogen-bond donors (Lipinski definition) is 1. The number of hydrogen-bond acceptors (Lipinski definition) is 2. The van der Waals surface area contributed by atoms with Gasteiger partial charge in [-0.25, -0.2) is 8.78 Å². The van der Waals surface area contributed by atoms with Crippen LogP contribution in [0.5, 0.6) is 0 Å². The van der Waals surface area contributed by atoms with Gasteiger partial charge in [-0.05, 0) is 31.4 Å². The Labute approximate surface area is 112 Å². The molecule has 1 fully saturated rings. The number of benzene rings is 1. The molecule has 2 nitrogen and oxygen atoms in total. The normalized spacial score (nSPS) is 21.7. The Morgan fingerprint density at radius 1 is 1.11 bits per heavy atom. The van der Waals surface area contributed by atoms with E-state index in [0.29, 0.717) is 11.4 Å². The Hall–Kier alpha value is -1.32. The Balaban J connectivity index is 2.07. The van der Waals surface area contributed by atoms with Gasteiger partial charge in [-0.2, -0.15) is 0 Å². The van der Waals surface area contributed by atoms with Crippen LogP contribution in [-0.2, 0) is 0 Å². The Morgan fingerprint density at radius 2 is 1.84 bits per heavy atom. The number of nitrogens with zero attached hydrogens (tertiary/aromatic N) is 1. The van der Waals surface area contributed by atoms with E-state index in [0.717, 1.165) is 25.8 Å². The van der Waals surface area contributed by atoms with E-state index >= 15 is 0 Å². The van der Waals surface area contributed by atoms with E-state index in [4.69, 9.17) is 0 Å². The number of nitrogens with one attached hydrogen (secondary N) is 1. The zero-order valence-corrected chi connectivity index (χ0v) is 11.3. The van der Waals surface area contributed by atoms with Crippen molar-refractivity contribution in [1.29, 1.82) is 0 Å². The van der Waals surface area contributed by atoms with Crippen molar-refractivity contribution in [2.45, 2.75) is 44.1 Å². The highest BCUT2D eigenvalue weighted by Crippen LogP contribution is 2.44. The minimum Gasteiger partial charge on any atom is -0.383 e. The third kappa shape index (κ3) is 1.97. The number of anilines is 2. The molecule has 1 aromatic carbocycles. The molecule has 1 spiro atoms. The van der Waals surface area contributed by atoms with Gasteiger partial charge >= 0.3 is 0 Å². The lowest BCUT2D eigenvalue weighted by atomic mass is 9.78. The van der Waals surface area contributed by atoms with Gasteiger partial charge < -0.3 is 10.2 Å². The predicted octanol–water partition coefficient (Wildman–Crippen LogP) is 3.92. The summed E-state index contributed by atoms with van der Waals surface area (Å²) in [4.78, 5) is 2.00. The van der Waals surface area contributed by atoms with Crippen LogP contribution in [0.25, 0.3) is 0 Å². The average Bonchev–Trinajstić information content (AvgIpc) is 2.55. The largest absolute Gasteiger partial charge is 0.383 e. The second kappa shape index (κ2) is 4.66. The number of rotatable bonds is 0. The van der Waals surface area contributed by atoms with E-state index in [1.165, 1.54) is 25.3 Å². The molecule has 0 bridgehead atoms. The summed E-state index contributed by atoms with van der Waals surface area (Å²) in [7, 11) is 1.92. The van der Waals surface area contributed by atoms with Crippen LogP contribution in [0.3, 0.4) is 0 Å². The molecular weight excluding hydrogens is 246 g/mol. The van der Waals surface area contributed by atoms with Crippen molar-refractivity contribution in [3.8, 4) is 0 Å². The van der Waals surface area contributed by atoms with E-state index in [9.17, 15) is 8.78 Å². The second-order valence-corrected chi connectivity index (χ2v) is 5.78. The molecule has 0 unspecified atom stereocenters. The molecule has 0 amide bonds. The standard InChI is InChI=1S/C15H20F2N2/c1-19-14-12(6-5-11(16)13(14)17)18-10-9-15(19)7-3-2-4-8-15/h5-6,18H,2-4,7-10H2,1H3. The van der Waals surface area contributed by atoms with Gasteiger partial charge in [0.05, 0.1) is 11.4 Å². The van der Waals surface area contributed by atoms with Crippen LogP contribution in [0.4, 0.5) is 20.2 Å². The summed E-state index contributed by atoms with van der Waals surface area (Å²) in [5.74, 6) is -1.49. The van der Waals surface area contributed by atoms with Crippen LogP contribution >= 0.6 is 0 Å². The molecule has 1 N–H and O–H groups in total. The first kappa shape index (κ1) is 12.7. The molecule has 1 aromatic rings. The zero-order chi connectivity index (χ0) is 13.5. The first-order valence-corrected chi connectivity index (χ1v) is 7.10. The minimum absolute atomic E-state index is 0.00880. The van der Waals surface area contributed by atoms with E-state index in [-0.39, 0.29) is 5.54 Å². The van der Waals surface area contributed by atoms with Crippen molar-refractivity contribution in [3.63, 3.8) is 0 Å². The monoisotopic (exact) mass is 266 g/mol. The van der Waals surface area contributed by atoms with Crippen LogP contribution in [0.15, 0.2) is 12.1 Å². The van der Waals surface area contributed by atoms with Crippen molar-refractivity contribution in [2.24, 2.45) is 0 Å². The lowest BCUT2D eigenvalue weighted by Gasteiger charge is -2.45. The molecule has 0 atom stereocenters. The predicted molar refractivity (Wildman–Crippen MR) is 73.7 cm³/mol. The quantitative estimate of drug-likeness (QED) is 0.765. The summed E-state index contributed by atoms with van der Waals surface area (Å²) >= 11 is 0. The molecule has 0 aromatic heterocycles. The van der Waals surface area contributed by atoms with Gasteiger partial charge in [0.2, 0.25) is 0 Å². The topological polar surface area (TPSA) is 15.3 Å². The van der Waals surface area contributed by atoms with Crippen molar-refractivity contribution < 1.29 is 8.78 Å². The van der Waals surface area contributed by atoms with Crippen LogP contribution in [0.1, 0.15) is 38.5 Å². The highest BCUT2D eigenvalue weighted by molar-refractivity contribution is 5.72. The van der Waals surface area contributed by atoms with E-state index in [2.05, 4.69) is 5.32 Å².